The van der Waals surface area contributed by atoms with Crippen molar-refractivity contribution in [3.05, 3.63) is 53.6 Å². The van der Waals surface area contributed by atoms with E-state index in [1.807, 2.05) is 6.92 Å². The minimum absolute atomic E-state index is 0.0640. The molecule has 9 nitrogen and oxygen atoms in total. The Morgan fingerprint density at radius 2 is 1.66 bits per heavy atom. The number of sulfonamides is 1. The van der Waals surface area contributed by atoms with Crippen molar-refractivity contribution in [1.29, 1.82) is 0 Å². The Bertz CT molecular complexity index is 991. The Labute approximate surface area is 169 Å². The van der Waals surface area contributed by atoms with E-state index in [2.05, 4.69) is 15.6 Å². The molecule has 0 spiro atoms. The quantitative estimate of drug-likeness (QED) is 0.560. The first kappa shape index (κ1) is 22.0. The number of rotatable bonds is 8. The van der Waals surface area contributed by atoms with Crippen LogP contribution in [0.5, 0.6) is 11.5 Å². The molecule has 0 radical (unpaired) electrons. The first-order chi connectivity index (χ1) is 13.8. The minimum atomic E-state index is -3.56. The highest BCUT2D eigenvalue weighted by Crippen LogP contribution is 2.28. The normalized spacial score (nSPS) is 10.7. The van der Waals surface area contributed by atoms with Gasteiger partial charge in [-0.25, -0.2) is 8.42 Å². The molecule has 29 heavy (non-hydrogen) atoms. The van der Waals surface area contributed by atoms with Crippen molar-refractivity contribution < 1.29 is 27.5 Å². The standard InChI is InChI=1S/C19H23N3O6S/c1-4-28-16-11-10-13(12-17(16)27-3)18(23)20-21-19(24)14-8-6-7-9-15(14)22-29(25,26)5-2/h6-12,22H,4-5H2,1-3H3,(H,20,23)(H,21,24). The lowest BCUT2D eigenvalue weighted by molar-refractivity contribution is 0.0847. The molecule has 0 atom stereocenters. The fraction of sp³-hybridized carbons (Fsp3) is 0.263. The smallest absolute Gasteiger partial charge is 0.271 e. The molecular weight excluding hydrogens is 398 g/mol. The van der Waals surface area contributed by atoms with Gasteiger partial charge in [-0.2, -0.15) is 0 Å². The summed E-state index contributed by atoms with van der Waals surface area (Å²) in [4.78, 5) is 24.8. The summed E-state index contributed by atoms with van der Waals surface area (Å²) in [6.07, 6.45) is 0. The molecule has 2 aromatic carbocycles. The van der Waals surface area contributed by atoms with E-state index in [4.69, 9.17) is 9.47 Å². The first-order valence-corrected chi connectivity index (χ1v) is 10.5. The summed E-state index contributed by atoms with van der Waals surface area (Å²) < 4.78 is 36.5. The lowest BCUT2D eigenvalue weighted by Crippen LogP contribution is -2.42. The zero-order chi connectivity index (χ0) is 21.4. The molecule has 10 heteroatoms. The van der Waals surface area contributed by atoms with Crippen molar-refractivity contribution in [3.63, 3.8) is 0 Å². The number of anilines is 1. The topological polar surface area (TPSA) is 123 Å². The number of hydrazine groups is 1. The average Bonchev–Trinajstić information content (AvgIpc) is 2.72. The van der Waals surface area contributed by atoms with Crippen molar-refractivity contribution in [2.45, 2.75) is 13.8 Å². The van der Waals surface area contributed by atoms with Crippen LogP contribution in [-0.4, -0.2) is 39.7 Å². The van der Waals surface area contributed by atoms with Crippen LogP contribution in [0.1, 0.15) is 34.6 Å². The number of nitrogens with one attached hydrogen (secondary N) is 3. The van der Waals surface area contributed by atoms with Gasteiger partial charge in [0.05, 0.1) is 30.7 Å². The molecule has 0 aliphatic rings. The maximum atomic E-state index is 12.4. The average molecular weight is 421 g/mol. The van der Waals surface area contributed by atoms with Gasteiger partial charge in [-0.3, -0.25) is 25.2 Å². The second-order valence-corrected chi connectivity index (χ2v) is 7.77. The van der Waals surface area contributed by atoms with Crippen LogP contribution in [0.3, 0.4) is 0 Å². The Hall–Kier alpha value is -3.27. The maximum absolute atomic E-state index is 12.4. The molecule has 2 rings (SSSR count). The molecule has 156 valence electrons. The van der Waals surface area contributed by atoms with E-state index in [0.29, 0.717) is 18.1 Å². The lowest BCUT2D eigenvalue weighted by atomic mass is 10.2. The molecule has 0 heterocycles. The van der Waals surface area contributed by atoms with E-state index in [1.54, 1.807) is 18.2 Å². The van der Waals surface area contributed by atoms with Crippen LogP contribution in [0.15, 0.2) is 42.5 Å². The fourth-order valence-corrected chi connectivity index (χ4v) is 3.00. The number of hydrogen-bond acceptors (Lipinski definition) is 6. The highest BCUT2D eigenvalue weighted by Gasteiger charge is 2.17. The van der Waals surface area contributed by atoms with E-state index in [0.717, 1.165) is 0 Å². The molecule has 0 unspecified atom stereocenters. The molecule has 3 N–H and O–H groups in total. The Kier molecular flexibility index (Phi) is 7.43. The number of carbonyl (C=O) groups is 2. The number of benzene rings is 2. The molecule has 0 aliphatic heterocycles. The summed E-state index contributed by atoms with van der Waals surface area (Å²) in [5, 5.41) is 0. The van der Waals surface area contributed by atoms with E-state index >= 15 is 0 Å². The molecule has 2 amide bonds. The number of hydrogen-bond donors (Lipinski definition) is 3. The van der Waals surface area contributed by atoms with Crippen molar-refractivity contribution in [2.75, 3.05) is 24.2 Å². The maximum Gasteiger partial charge on any atom is 0.271 e. The summed E-state index contributed by atoms with van der Waals surface area (Å²) in [6.45, 7) is 3.75. The summed E-state index contributed by atoms with van der Waals surface area (Å²) in [5.74, 6) is -0.519. The van der Waals surface area contributed by atoms with Gasteiger partial charge in [0, 0.05) is 5.56 Å². The van der Waals surface area contributed by atoms with Gasteiger partial charge in [0.25, 0.3) is 11.8 Å². The van der Waals surface area contributed by atoms with Crippen LogP contribution in [0, 0.1) is 0 Å². The first-order valence-electron chi connectivity index (χ1n) is 8.82. The SMILES string of the molecule is CCOc1ccc(C(=O)NNC(=O)c2ccccc2NS(=O)(=O)CC)cc1OC. The third-order valence-electron chi connectivity index (χ3n) is 3.83. The number of para-hydroxylation sites is 1. The van der Waals surface area contributed by atoms with E-state index in [1.165, 1.54) is 38.3 Å². The molecule has 0 fully saturated rings. The van der Waals surface area contributed by atoms with Crippen LogP contribution in [-0.2, 0) is 10.0 Å². The number of methoxy groups -OCH3 is 1. The zero-order valence-corrected chi connectivity index (χ0v) is 17.1. The van der Waals surface area contributed by atoms with Crippen LogP contribution >= 0.6 is 0 Å². The Morgan fingerprint density at radius 3 is 2.31 bits per heavy atom. The monoisotopic (exact) mass is 421 g/mol. The summed E-state index contributed by atoms with van der Waals surface area (Å²) in [5.41, 5.74) is 4.99. The van der Waals surface area contributed by atoms with Gasteiger partial charge in [-0.15, -0.1) is 0 Å². The van der Waals surface area contributed by atoms with Gasteiger partial charge in [0.1, 0.15) is 0 Å². The lowest BCUT2D eigenvalue weighted by Gasteiger charge is -2.13. The second kappa shape index (κ2) is 9.78. The third-order valence-corrected chi connectivity index (χ3v) is 5.12. The molecule has 2 aromatic rings. The van der Waals surface area contributed by atoms with Gasteiger partial charge in [-0.05, 0) is 44.2 Å². The zero-order valence-electron chi connectivity index (χ0n) is 16.3. The van der Waals surface area contributed by atoms with Crippen molar-refractivity contribution >= 4 is 27.5 Å². The number of amides is 2. The summed E-state index contributed by atoms with van der Waals surface area (Å²) >= 11 is 0. The van der Waals surface area contributed by atoms with Crippen molar-refractivity contribution in [3.8, 4) is 11.5 Å². The summed E-state index contributed by atoms with van der Waals surface area (Å²) in [7, 11) is -2.11. The number of ether oxygens (including phenoxy) is 2. The van der Waals surface area contributed by atoms with Crippen LogP contribution in [0.25, 0.3) is 0 Å². The van der Waals surface area contributed by atoms with Crippen LogP contribution in [0.2, 0.25) is 0 Å². The molecule has 0 bridgehead atoms. The molecule has 0 aliphatic carbocycles. The molecule has 0 aromatic heterocycles. The minimum Gasteiger partial charge on any atom is -0.493 e. The van der Waals surface area contributed by atoms with Gasteiger partial charge in [0.2, 0.25) is 10.0 Å². The Balaban J connectivity index is 2.11. The van der Waals surface area contributed by atoms with Crippen LogP contribution in [0.4, 0.5) is 5.69 Å². The highest BCUT2D eigenvalue weighted by molar-refractivity contribution is 7.92. The molecular formula is C19H23N3O6S. The van der Waals surface area contributed by atoms with Crippen molar-refractivity contribution in [1.82, 2.24) is 10.9 Å². The summed E-state index contributed by atoms with van der Waals surface area (Å²) in [6, 6.07) is 10.7. The van der Waals surface area contributed by atoms with E-state index in [-0.39, 0.29) is 22.6 Å². The van der Waals surface area contributed by atoms with E-state index < -0.39 is 21.8 Å². The largest absolute Gasteiger partial charge is 0.493 e. The Morgan fingerprint density at radius 1 is 0.966 bits per heavy atom. The molecule has 0 saturated carbocycles. The second-order valence-electron chi connectivity index (χ2n) is 5.76. The van der Waals surface area contributed by atoms with Gasteiger partial charge >= 0.3 is 0 Å². The van der Waals surface area contributed by atoms with Crippen molar-refractivity contribution in [2.24, 2.45) is 0 Å². The van der Waals surface area contributed by atoms with Gasteiger partial charge in [0.15, 0.2) is 11.5 Å². The highest BCUT2D eigenvalue weighted by atomic mass is 32.2. The fourth-order valence-electron chi connectivity index (χ4n) is 2.35. The third kappa shape index (κ3) is 5.85. The van der Waals surface area contributed by atoms with E-state index in [9.17, 15) is 18.0 Å². The van der Waals surface area contributed by atoms with Gasteiger partial charge in [-0.1, -0.05) is 12.1 Å². The van der Waals surface area contributed by atoms with Crippen LogP contribution < -0.4 is 25.0 Å². The molecule has 0 saturated heterocycles. The predicted octanol–water partition coefficient (Wildman–Crippen LogP) is 1.93. The van der Waals surface area contributed by atoms with Gasteiger partial charge < -0.3 is 9.47 Å². The number of carbonyl (C=O) groups excluding carboxylic acids is 2. The predicted molar refractivity (Wildman–Crippen MR) is 109 cm³/mol.